The summed E-state index contributed by atoms with van der Waals surface area (Å²) in [7, 11) is 0. The van der Waals surface area contributed by atoms with Crippen LogP contribution in [0.3, 0.4) is 0 Å². The second kappa shape index (κ2) is 5.26. The second-order valence-corrected chi connectivity index (χ2v) is 6.07. The number of carbonyl (C=O) groups excluding carboxylic acids is 1. The van der Waals surface area contributed by atoms with Gasteiger partial charge in [0.1, 0.15) is 17.4 Å². The summed E-state index contributed by atoms with van der Waals surface area (Å²) in [6.45, 7) is 6.06. The molecule has 3 nitrogen and oxygen atoms in total. The third-order valence-electron chi connectivity index (χ3n) is 3.86. The average Bonchev–Trinajstić information content (AvgIpc) is 2.36. The fourth-order valence-corrected chi connectivity index (χ4v) is 3.27. The largest absolute Gasteiger partial charge is 0.489 e. The summed E-state index contributed by atoms with van der Waals surface area (Å²) in [5.74, 6) is 0.691. The van der Waals surface area contributed by atoms with Crippen molar-refractivity contribution >= 4 is 29.0 Å². The van der Waals surface area contributed by atoms with Crippen LogP contribution in [0.5, 0.6) is 5.75 Å². The average molecular weight is 302 g/mol. The number of ether oxygens (including phenoxy) is 1. The third-order valence-corrected chi connectivity index (χ3v) is 4.06. The van der Waals surface area contributed by atoms with Crippen LogP contribution in [0.1, 0.15) is 48.2 Å². The molecule has 0 spiro atoms. The van der Waals surface area contributed by atoms with Gasteiger partial charge in [0.15, 0.2) is 16.1 Å². The molecule has 0 radical (unpaired) electrons. The normalized spacial score (nSPS) is 17.7. The number of aryl methyl sites for hydroxylation is 2. The van der Waals surface area contributed by atoms with Crippen molar-refractivity contribution in [1.82, 2.24) is 0 Å². The number of hydrogen-bond donors (Lipinski definition) is 0. The van der Waals surface area contributed by atoms with Crippen LogP contribution in [0.15, 0.2) is 16.5 Å². The molecule has 1 aromatic heterocycles. The van der Waals surface area contributed by atoms with E-state index in [1.807, 2.05) is 26.0 Å². The van der Waals surface area contributed by atoms with Gasteiger partial charge in [0.2, 0.25) is 0 Å². The van der Waals surface area contributed by atoms with Gasteiger partial charge in [0.25, 0.3) is 0 Å². The van der Waals surface area contributed by atoms with Crippen molar-refractivity contribution in [1.29, 1.82) is 0 Å². The van der Waals surface area contributed by atoms with Gasteiger partial charge in [-0.2, -0.15) is 0 Å². The topological polar surface area (TPSA) is 39.4 Å². The zero-order valence-corrected chi connectivity index (χ0v) is 13.3. The Kier molecular flexibility index (Phi) is 3.57. The molecule has 0 saturated heterocycles. The van der Waals surface area contributed by atoms with Crippen LogP contribution in [0.25, 0.3) is 11.0 Å². The van der Waals surface area contributed by atoms with Gasteiger partial charge < -0.3 is 9.15 Å². The van der Waals surface area contributed by atoms with Crippen molar-refractivity contribution in [2.75, 3.05) is 0 Å². The maximum Gasteiger partial charge on any atom is 0.191 e. The van der Waals surface area contributed by atoms with Crippen LogP contribution in [0, 0.1) is 11.6 Å². The van der Waals surface area contributed by atoms with Gasteiger partial charge in [0, 0.05) is 11.8 Å². The molecular formula is C17H18O3S. The zero-order valence-electron chi connectivity index (χ0n) is 12.5. The van der Waals surface area contributed by atoms with Crippen LogP contribution in [-0.4, -0.2) is 11.9 Å². The van der Waals surface area contributed by atoms with Gasteiger partial charge in [-0.25, -0.2) is 0 Å². The summed E-state index contributed by atoms with van der Waals surface area (Å²) in [6.07, 6.45) is 2.22. The Morgan fingerprint density at radius 2 is 2.14 bits per heavy atom. The first-order chi connectivity index (χ1) is 10.0. The summed E-state index contributed by atoms with van der Waals surface area (Å²) in [5.41, 5.74) is 3.36. The lowest BCUT2D eigenvalue weighted by molar-refractivity contribution is 0.0872. The van der Waals surface area contributed by atoms with E-state index in [4.69, 9.17) is 21.4 Å². The Morgan fingerprint density at radius 1 is 1.38 bits per heavy atom. The van der Waals surface area contributed by atoms with E-state index in [9.17, 15) is 4.79 Å². The molecule has 0 N–H and O–H groups in total. The molecule has 1 unspecified atom stereocenters. The van der Waals surface area contributed by atoms with E-state index in [1.165, 1.54) is 0 Å². The van der Waals surface area contributed by atoms with E-state index in [0.717, 1.165) is 29.4 Å². The van der Waals surface area contributed by atoms with E-state index < -0.39 is 0 Å². The lowest BCUT2D eigenvalue weighted by Crippen LogP contribution is -2.24. The fraction of sp³-hybridized carbons (Fsp3) is 0.412. The number of Topliss-reactive ketones (excluding diaryl/α,β-unsaturated/α-hetero) is 1. The molecule has 0 fully saturated rings. The molecule has 0 amide bonds. The van der Waals surface area contributed by atoms with Gasteiger partial charge in [-0.05, 0) is 55.7 Å². The van der Waals surface area contributed by atoms with Crippen molar-refractivity contribution in [2.45, 2.75) is 46.1 Å². The Balaban J connectivity index is 2.40. The maximum atomic E-state index is 12.4. The van der Waals surface area contributed by atoms with Gasteiger partial charge >= 0.3 is 0 Å². The lowest BCUT2D eigenvalue weighted by atomic mass is 9.93. The lowest BCUT2D eigenvalue weighted by Gasteiger charge is -2.24. The highest BCUT2D eigenvalue weighted by Crippen LogP contribution is 2.37. The molecule has 0 aliphatic carbocycles. The van der Waals surface area contributed by atoms with E-state index >= 15 is 0 Å². The number of benzene rings is 1. The van der Waals surface area contributed by atoms with Crippen LogP contribution < -0.4 is 4.74 Å². The highest BCUT2D eigenvalue weighted by atomic mass is 32.1. The van der Waals surface area contributed by atoms with E-state index in [0.29, 0.717) is 28.0 Å². The van der Waals surface area contributed by atoms with Gasteiger partial charge in [-0.3, -0.25) is 4.79 Å². The number of fused-ring (bicyclic) bond motifs is 3. The minimum Gasteiger partial charge on any atom is -0.489 e. The van der Waals surface area contributed by atoms with Gasteiger partial charge in [-0.1, -0.05) is 13.3 Å². The smallest absolute Gasteiger partial charge is 0.191 e. The highest BCUT2D eigenvalue weighted by Gasteiger charge is 2.28. The summed E-state index contributed by atoms with van der Waals surface area (Å²) in [5, 5.41) is 1.01. The molecule has 1 aliphatic heterocycles. The Bertz CT molecular complexity index is 789. The van der Waals surface area contributed by atoms with Crippen molar-refractivity contribution in [3.05, 3.63) is 33.5 Å². The summed E-state index contributed by atoms with van der Waals surface area (Å²) in [6, 6.07) is 3.85. The van der Waals surface area contributed by atoms with Crippen molar-refractivity contribution in [2.24, 2.45) is 0 Å². The monoisotopic (exact) mass is 302 g/mol. The molecule has 1 aromatic carbocycles. The molecule has 110 valence electrons. The molecule has 21 heavy (non-hydrogen) atoms. The first-order valence-corrected chi connectivity index (χ1v) is 7.72. The van der Waals surface area contributed by atoms with Crippen molar-refractivity contribution in [3.8, 4) is 5.75 Å². The van der Waals surface area contributed by atoms with E-state index in [1.54, 1.807) is 0 Å². The second-order valence-electron chi connectivity index (χ2n) is 5.67. The molecule has 1 atom stereocenters. The predicted octanol–water partition coefficient (Wildman–Crippen LogP) is 4.78. The Labute approximate surface area is 128 Å². The minimum atomic E-state index is -0.0938. The van der Waals surface area contributed by atoms with Crippen LogP contribution in [0.4, 0.5) is 0 Å². The SMILES string of the molecule is CCCc1cc(=S)oc2c3c(cc(C)c12)OC(C)CC3=O. The fourth-order valence-electron chi connectivity index (χ4n) is 3.05. The quantitative estimate of drug-likeness (QED) is 0.749. The molecule has 2 heterocycles. The van der Waals surface area contributed by atoms with E-state index in [-0.39, 0.29) is 11.9 Å². The number of ketones is 1. The predicted molar refractivity (Wildman–Crippen MR) is 84.8 cm³/mol. The molecule has 2 aromatic rings. The molecule has 3 rings (SSSR count). The van der Waals surface area contributed by atoms with Crippen LogP contribution in [-0.2, 0) is 6.42 Å². The van der Waals surface area contributed by atoms with Crippen molar-refractivity contribution in [3.63, 3.8) is 0 Å². The highest BCUT2D eigenvalue weighted by molar-refractivity contribution is 7.71. The van der Waals surface area contributed by atoms with Gasteiger partial charge in [-0.15, -0.1) is 0 Å². The minimum absolute atomic E-state index is 0.0700. The summed E-state index contributed by atoms with van der Waals surface area (Å²) < 4.78 is 12.0. The van der Waals surface area contributed by atoms with E-state index in [2.05, 4.69) is 6.92 Å². The molecule has 0 bridgehead atoms. The molecule has 4 heteroatoms. The summed E-state index contributed by atoms with van der Waals surface area (Å²) in [4.78, 5) is 12.4. The first-order valence-electron chi connectivity index (χ1n) is 7.31. The van der Waals surface area contributed by atoms with Crippen LogP contribution in [0.2, 0.25) is 0 Å². The zero-order chi connectivity index (χ0) is 15.1. The maximum absolute atomic E-state index is 12.4. The number of carbonyl (C=O) groups is 1. The Morgan fingerprint density at radius 3 is 2.86 bits per heavy atom. The molecule has 0 saturated carbocycles. The first kappa shape index (κ1) is 14.3. The number of hydrogen-bond acceptors (Lipinski definition) is 4. The third kappa shape index (κ3) is 2.38. The molecule has 1 aliphatic rings. The molecular weight excluding hydrogens is 284 g/mol. The standard InChI is InChI=1S/C17H18O3S/c1-4-5-11-8-14(21)20-17-15(11)9(2)6-13-16(17)12(18)7-10(3)19-13/h6,8,10H,4-5,7H2,1-3H3. The Hall–Kier alpha value is -1.68. The van der Waals surface area contributed by atoms with Crippen LogP contribution >= 0.6 is 12.2 Å². The van der Waals surface area contributed by atoms with Gasteiger partial charge in [0.05, 0.1) is 0 Å². The summed E-state index contributed by atoms with van der Waals surface area (Å²) >= 11 is 5.23. The van der Waals surface area contributed by atoms with Crippen molar-refractivity contribution < 1.29 is 13.9 Å². The number of rotatable bonds is 2.